The first-order valence-corrected chi connectivity index (χ1v) is 25.0. The van der Waals surface area contributed by atoms with Gasteiger partial charge in [0.1, 0.15) is 0 Å². The number of nitrogens with zero attached hydrogens (tertiary/aromatic N) is 2. The standard InChI is InChI=1S/C62H54N2/c1-2-10-45(11-3-1)64-59-17-9-6-14-52(59)53-22-19-48(36-60(53)64)63(46-20-23-57-54(34-46)50-13-5-8-16-56(50)61(57)41-26-37-24-38(28-41)29-42(61)27-37)47-18-21-51-49-12-4-7-15-55(49)62(58(51)35-47)43-30-39-25-40(32-43)33-44(62)31-39/h1-23,34-44H,24-33H2. The zero-order chi connectivity index (χ0) is 41.5. The number of anilines is 3. The van der Waals surface area contributed by atoms with Crippen LogP contribution < -0.4 is 4.90 Å². The van der Waals surface area contributed by atoms with Crippen molar-refractivity contribution in [2.45, 2.75) is 75.0 Å². The van der Waals surface area contributed by atoms with Crippen LogP contribution in [0.1, 0.15) is 86.5 Å². The number of rotatable bonds is 4. The Bertz CT molecular complexity index is 3220. The Morgan fingerprint density at radius 3 is 1.48 bits per heavy atom. The molecule has 0 saturated heterocycles. The van der Waals surface area contributed by atoms with Crippen LogP contribution in [0.25, 0.3) is 49.7 Å². The van der Waals surface area contributed by atoms with Gasteiger partial charge in [-0.3, -0.25) is 0 Å². The van der Waals surface area contributed by atoms with Crippen LogP contribution in [0.2, 0.25) is 0 Å². The molecule has 312 valence electrons. The molecule has 10 aliphatic carbocycles. The summed E-state index contributed by atoms with van der Waals surface area (Å²) in [7, 11) is 0. The van der Waals surface area contributed by atoms with E-state index in [9.17, 15) is 0 Å². The van der Waals surface area contributed by atoms with E-state index in [2.05, 4.69) is 167 Å². The summed E-state index contributed by atoms with van der Waals surface area (Å²) in [5.41, 5.74) is 20.2. The lowest BCUT2D eigenvalue weighted by molar-refractivity contribution is -0.0399. The summed E-state index contributed by atoms with van der Waals surface area (Å²) in [6.45, 7) is 0. The largest absolute Gasteiger partial charge is 0.310 e. The molecule has 1 aromatic heterocycles. The maximum atomic E-state index is 2.70. The lowest BCUT2D eigenvalue weighted by atomic mass is 9.43. The summed E-state index contributed by atoms with van der Waals surface area (Å²) in [6, 6.07) is 62.1. The Morgan fingerprint density at radius 1 is 0.344 bits per heavy atom. The minimum atomic E-state index is 0.105. The number of fused-ring (bicyclic) bond motifs is 9. The quantitative estimate of drug-likeness (QED) is 0.172. The summed E-state index contributed by atoms with van der Waals surface area (Å²) in [6.07, 6.45) is 14.2. The van der Waals surface area contributed by atoms with Crippen LogP contribution in [-0.4, -0.2) is 4.57 Å². The van der Waals surface area contributed by atoms with E-state index < -0.39 is 0 Å². The van der Waals surface area contributed by atoms with Crippen molar-refractivity contribution in [2.24, 2.45) is 47.3 Å². The van der Waals surface area contributed by atoms with Gasteiger partial charge in [0, 0.05) is 44.4 Å². The molecule has 8 saturated carbocycles. The van der Waals surface area contributed by atoms with E-state index >= 15 is 0 Å². The molecule has 8 aromatic rings. The first-order chi connectivity index (χ1) is 31.6. The maximum Gasteiger partial charge on any atom is 0.0561 e. The van der Waals surface area contributed by atoms with E-state index in [0.29, 0.717) is 0 Å². The minimum absolute atomic E-state index is 0.105. The van der Waals surface area contributed by atoms with Crippen LogP contribution in [0.15, 0.2) is 158 Å². The van der Waals surface area contributed by atoms with Gasteiger partial charge in [0.2, 0.25) is 0 Å². The van der Waals surface area contributed by atoms with E-state index in [4.69, 9.17) is 0 Å². The Hall–Kier alpha value is -5.86. The third-order valence-electron chi connectivity index (χ3n) is 19.5. The van der Waals surface area contributed by atoms with Crippen molar-refractivity contribution >= 4 is 38.9 Å². The molecule has 7 aromatic carbocycles. The molecule has 2 spiro atoms. The SMILES string of the molecule is c1ccc(-n2c3ccccc3c3ccc(N(c4ccc5c(c4)-c4ccccc4C54C5CC6CC(C5)CC4C6)c4ccc5c(c4)C4(c6ccccc6-5)C5CC6CC(C5)CC4C6)cc32)cc1. The molecule has 2 heteroatoms. The molecule has 10 aliphatic rings. The van der Waals surface area contributed by atoms with Crippen LogP contribution >= 0.6 is 0 Å². The molecule has 64 heavy (non-hydrogen) atoms. The lowest BCUT2D eigenvalue weighted by Gasteiger charge is -2.61. The molecule has 0 N–H and O–H groups in total. The zero-order valence-electron chi connectivity index (χ0n) is 36.6. The fourth-order valence-electron chi connectivity index (χ4n) is 18.0. The minimum Gasteiger partial charge on any atom is -0.310 e. The molecule has 0 unspecified atom stereocenters. The topological polar surface area (TPSA) is 8.17 Å². The average molecular weight is 827 g/mol. The summed E-state index contributed by atoms with van der Waals surface area (Å²) in [5, 5.41) is 2.60. The van der Waals surface area contributed by atoms with Crippen molar-refractivity contribution in [1.82, 2.24) is 4.57 Å². The maximum absolute atomic E-state index is 2.70. The second-order valence-corrected chi connectivity index (χ2v) is 22.1. The van der Waals surface area contributed by atoms with Gasteiger partial charge in [-0.05, 0) is 211 Å². The molecule has 18 rings (SSSR count). The van der Waals surface area contributed by atoms with Crippen molar-refractivity contribution in [1.29, 1.82) is 0 Å². The number of hydrogen-bond donors (Lipinski definition) is 0. The Kier molecular flexibility index (Phi) is 6.92. The van der Waals surface area contributed by atoms with Gasteiger partial charge >= 0.3 is 0 Å². The second-order valence-electron chi connectivity index (χ2n) is 22.1. The lowest BCUT2D eigenvalue weighted by Crippen LogP contribution is -2.55. The van der Waals surface area contributed by atoms with Crippen LogP contribution in [0, 0.1) is 47.3 Å². The van der Waals surface area contributed by atoms with E-state index in [0.717, 1.165) is 47.3 Å². The van der Waals surface area contributed by atoms with Gasteiger partial charge in [-0.2, -0.15) is 0 Å². The normalized spacial score (nSPS) is 31.6. The highest BCUT2D eigenvalue weighted by Crippen LogP contribution is 2.71. The Balaban J connectivity index is 0.939. The van der Waals surface area contributed by atoms with Crippen LogP contribution in [-0.2, 0) is 10.8 Å². The van der Waals surface area contributed by atoms with Gasteiger partial charge in [-0.15, -0.1) is 0 Å². The van der Waals surface area contributed by atoms with Gasteiger partial charge in [0.15, 0.2) is 0 Å². The van der Waals surface area contributed by atoms with E-state index in [1.807, 2.05) is 0 Å². The monoisotopic (exact) mass is 826 g/mol. The van der Waals surface area contributed by atoms with Crippen molar-refractivity contribution in [2.75, 3.05) is 4.90 Å². The molecular weight excluding hydrogens is 773 g/mol. The molecule has 0 radical (unpaired) electrons. The molecular formula is C62H54N2. The summed E-state index contributed by atoms with van der Waals surface area (Å²) >= 11 is 0. The zero-order valence-corrected chi connectivity index (χ0v) is 36.6. The van der Waals surface area contributed by atoms with Crippen molar-refractivity contribution in [3.63, 3.8) is 0 Å². The Morgan fingerprint density at radius 2 is 0.812 bits per heavy atom. The van der Waals surface area contributed by atoms with Gasteiger partial charge in [0.25, 0.3) is 0 Å². The van der Waals surface area contributed by atoms with Crippen LogP contribution in [0.5, 0.6) is 0 Å². The molecule has 8 fully saturated rings. The predicted molar refractivity (Wildman–Crippen MR) is 262 cm³/mol. The van der Waals surface area contributed by atoms with Crippen molar-refractivity contribution in [3.05, 3.63) is 180 Å². The van der Waals surface area contributed by atoms with Gasteiger partial charge in [-0.25, -0.2) is 0 Å². The second kappa shape index (κ2) is 12.5. The molecule has 1 heterocycles. The van der Waals surface area contributed by atoms with Crippen LogP contribution in [0.3, 0.4) is 0 Å². The predicted octanol–water partition coefficient (Wildman–Crippen LogP) is 15.7. The molecule has 0 aliphatic heterocycles. The van der Waals surface area contributed by atoms with Crippen molar-refractivity contribution in [3.8, 4) is 27.9 Å². The van der Waals surface area contributed by atoms with Crippen LogP contribution in [0.4, 0.5) is 17.1 Å². The fraction of sp³-hybridized carbons (Fsp3) is 0.323. The Labute approximate surface area is 377 Å². The van der Waals surface area contributed by atoms with E-state index in [1.165, 1.54) is 131 Å². The molecule has 2 nitrogen and oxygen atoms in total. The highest BCUT2D eigenvalue weighted by Gasteiger charge is 2.63. The fourth-order valence-corrected chi connectivity index (χ4v) is 18.0. The summed E-state index contributed by atoms with van der Waals surface area (Å²) in [5.74, 6) is 6.66. The average Bonchev–Trinajstić information content (AvgIpc) is 3.92. The smallest absolute Gasteiger partial charge is 0.0561 e. The van der Waals surface area contributed by atoms with E-state index in [1.54, 1.807) is 22.3 Å². The highest BCUT2D eigenvalue weighted by atomic mass is 15.1. The number of benzene rings is 7. The van der Waals surface area contributed by atoms with Gasteiger partial charge in [-0.1, -0.05) is 103 Å². The third-order valence-corrected chi connectivity index (χ3v) is 19.5. The molecule has 0 atom stereocenters. The first kappa shape index (κ1) is 35.5. The molecule has 8 bridgehead atoms. The number of para-hydroxylation sites is 2. The summed E-state index contributed by atoms with van der Waals surface area (Å²) in [4.78, 5) is 2.66. The van der Waals surface area contributed by atoms with E-state index in [-0.39, 0.29) is 10.8 Å². The molecule has 0 amide bonds. The number of hydrogen-bond acceptors (Lipinski definition) is 1. The van der Waals surface area contributed by atoms with Gasteiger partial charge < -0.3 is 9.47 Å². The van der Waals surface area contributed by atoms with Gasteiger partial charge in [0.05, 0.1) is 11.0 Å². The summed E-state index contributed by atoms with van der Waals surface area (Å²) < 4.78 is 2.49. The first-order valence-electron chi connectivity index (χ1n) is 25.0. The third kappa shape index (κ3) is 4.35. The van der Waals surface area contributed by atoms with Crippen molar-refractivity contribution < 1.29 is 0 Å². The highest BCUT2D eigenvalue weighted by molar-refractivity contribution is 6.10. The number of aromatic nitrogens is 1.